The monoisotopic (exact) mass is 499 g/mol. The lowest BCUT2D eigenvalue weighted by Crippen LogP contribution is -2.49. The lowest BCUT2D eigenvalue weighted by molar-refractivity contribution is -0.123. The van der Waals surface area contributed by atoms with Gasteiger partial charge in [-0.15, -0.1) is 24.0 Å². The van der Waals surface area contributed by atoms with Crippen molar-refractivity contribution in [2.24, 2.45) is 10.9 Å². The van der Waals surface area contributed by atoms with Gasteiger partial charge in [-0.1, -0.05) is 13.8 Å². The van der Waals surface area contributed by atoms with Gasteiger partial charge in [0, 0.05) is 25.6 Å². The van der Waals surface area contributed by atoms with E-state index in [0.717, 1.165) is 0 Å². The number of aliphatic imine (C=N–C) groups is 1. The molecule has 0 saturated heterocycles. The molecule has 9 heteroatoms. The number of amides is 2. The number of nitrogens with one attached hydrogen (secondary N) is 4. The Labute approximate surface area is 181 Å². The molecule has 0 bridgehead atoms. The minimum absolute atomic E-state index is 0. The van der Waals surface area contributed by atoms with E-state index in [1.165, 1.54) is 0 Å². The van der Waals surface area contributed by atoms with E-state index >= 15 is 0 Å². The van der Waals surface area contributed by atoms with Crippen LogP contribution in [0.1, 0.15) is 55.4 Å². The first-order chi connectivity index (χ1) is 11.9. The maximum atomic E-state index is 11.9. The Kier molecular flexibility index (Phi) is 13.5. The number of carbonyl (C=O) groups excluding carboxylic acids is 2. The average Bonchev–Trinajstić information content (AvgIpc) is 2.45. The fourth-order valence-electron chi connectivity index (χ4n) is 1.81. The van der Waals surface area contributed by atoms with Crippen molar-refractivity contribution < 1.29 is 14.3 Å². The van der Waals surface area contributed by atoms with E-state index in [0.29, 0.717) is 32.1 Å². The van der Waals surface area contributed by atoms with Crippen LogP contribution in [0, 0.1) is 5.92 Å². The third kappa shape index (κ3) is 15.5. The first-order valence-electron chi connectivity index (χ1n) is 9.17. The molecule has 160 valence electrons. The highest BCUT2D eigenvalue weighted by Crippen LogP contribution is 2.09. The summed E-state index contributed by atoms with van der Waals surface area (Å²) in [6.45, 7) is 17.1. The molecule has 0 rings (SSSR count). The van der Waals surface area contributed by atoms with Crippen molar-refractivity contribution in [1.29, 1.82) is 0 Å². The molecule has 0 radical (unpaired) electrons. The van der Waals surface area contributed by atoms with Crippen LogP contribution < -0.4 is 21.3 Å². The number of hydrogen-bond donors (Lipinski definition) is 4. The van der Waals surface area contributed by atoms with Gasteiger partial charge in [0.05, 0.1) is 12.1 Å². The predicted molar refractivity (Wildman–Crippen MR) is 121 cm³/mol. The van der Waals surface area contributed by atoms with Crippen LogP contribution in [0.2, 0.25) is 0 Å². The summed E-state index contributed by atoms with van der Waals surface area (Å²) >= 11 is 0. The molecule has 0 fully saturated rings. The first kappa shape index (κ1) is 28.0. The fraction of sp³-hybridized carbons (Fsp3) is 0.833. The van der Waals surface area contributed by atoms with Crippen LogP contribution in [-0.2, 0) is 9.53 Å². The Hall–Kier alpha value is -1.26. The van der Waals surface area contributed by atoms with Gasteiger partial charge in [-0.3, -0.25) is 9.79 Å². The lowest BCUT2D eigenvalue weighted by Gasteiger charge is -2.27. The highest BCUT2D eigenvalue weighted by Gasteiger charge is 2.24. The minimum atomic E-state index is -0.559. The Balaban J connectivity index is 0. The molecule has 0 aromatic heterocycles. The van der Waals surface area contributed by atoms with E-state index in [2.05, 4.69) is 26.3 Å². The maximum absolute atomic E-state index is 11.9. The maximum Gasteiger partial charge on any atom is 0.408 e. The van der Waals surface area contributed by atoms with Gasteiger partial charge in [0.15, 0.2) is 5.96 Å². The van der Waals surface area contributed by atoms with Gasteiger partial charge in [-0.25, -0.2) is 4.79 Å². The van der Waals surface area contributed by atoms with Gasteiger partial charge in [-0.05, 0) is 41.5 Å². The molecule has 0 aromatic carbocycles. The second kappa shape index (κ2) is 13.0. The molecule has 2 amide bonds. The summed E-state index contributed by atoms with van der Waals surface area (Å²) < 4.78 is 5.28. The number of ether oxygens (including phenoxy) is 1. The second-order valence-corrected chi connectivity index (χ2v) is 8.08. The van der Waals surface area contributed by atoms with Crippen molar-refractivity contribution in [1.82, 2.24) is 21.3 Å². The summed E-state index contributed by atoms with van der Waals surface area (Å²) in [4.78, 5) is 28.0. The highest BCUT2D eigenvalue weighted by molar-refractivity contribution is 14.0. The summed E-state index contributed by atoms with van der Waals surface area (Å²) in [7, 11) is 0. The normalized spacial score (nSPS) is 12.1. The van der Waals surface area contributed by atoms with E-state index in [1.54, 1.807) is 0 Å². The quantitative estimate of drug-likeness (QED) is 0.178. The van der Waals surface area contributed by atoms with Crippen molar-refractivity contribution in [2.45, 2.75) is 66.5 Å². The topological polar surface area (TPSA) is 104 Å². The van der Waals surface area contributed by atoms with Crippen LogP contribution in [0.3, 0.4) is 0 Å². The number of guanidine groups is 1. The van der Waals surface area contributed by atoms with Crippen LogP contribution in [0.5, 0.6) is 0 Å². The average molecular weight is 499 g/mol. The third-order valence-electron chi connectivity index (χ3n) is 3.06. The van der Waals surface area contributed by atoms with Gasteiger partial charge in [0.2, 0.25) is 5.91 Å². The number of alkyl carbamates (subject to hydrolysis) is 1. The Bertz CT molecular complexity index is 488. The number of halogens is 1. The molecule has 0 heterocycles. The summed E-state index contributed by atoms with van der Waals surface area (Å²) in [5.74, 6) is 0.624. The molecular weight excluding hydrogens is 461 g/mol. The predicted octanol–water partition coefficient (Wildman–Crippen LogP) is 2.23. The van der Waals surface area contributed by atoms with Gasteiger partial charge in [0.1, 0.15) is 5.60 Å². The molecule has 0 spiro atoms. The summed E-state index contributed by atoms with van der Waals surface area (Å²) in [6, 6.07) is 0. The largest absolute Gasteiger partial charge is 0.444 e. The molecule has 0 atom stereocenters. The Morgan fingerprint density at radius 1 is 1.00 bits per heavy atom. The summed E-state index contributed by atoms with van der Waals surface area (Å²) in [5, 5.41) is 12.0. The zero-order valence-electron chi connectivity index (χ0n) is 18.0. The standard InChI is InChI=1S/C18H37N5O3.HI/c1-9-19-15(21-11-10-20-14(24)13(2)3)22-12-18(7,8)23-16(25)26-17(4,5)6;/h13H,9-12H2,1-8H3,(H,20,24)(H,23,25)(H2,19,21,22);1H. The third-order valence-corrected chi connectivity index (χ3v) is 3.06. The van der Waals surface area contributed by atoms with Gasteiger partial charge in [-0.2, -0.15) is 0 Å². The number of rotatable bonds is 8. The van der Waals surface area contributed by atoms with Crippen LogP contribution in [0.25, 0.3) is 0 Å². The number of nitrogens with zero attached hydrogens (tertiary/aromatic N) is 1. The minimum Gasteiger partial charge on any atom is -0.444 e. The second-order valence-electron chi connectivity index (χ2n) is 8.08. The summed E-state index contributed by atoms with van der Waals surface area (Å²) in [5.41, 5.74) is -1.10. The summed E-state index contributed by atoms with van der Waals surface area (Å²) in [6.07, 6.45) is -0.466. The molecule has 0 unspecified atom stereocenters. The van der Waals surface area contributed by atoms with Gasteiger partial charge >= 0.3 is 6.09 Å². The van der Waals surface area contributed by atoms with Gasteiger partial charge < -0.3 is 26.0 Å². The molecular formula is C18H38IN5O3. The molecule has 0 aliphatic heterocycles. The van der Waals surface area contributed by atoms with E-state index < -0.39 is 17.2 Å². The van der Waals surface area contributed by atoms with E-state index in [1.807, 2.05) is 55.4 Å². The molecule has 0 aliphatic carbocycles. The smallest absolute Gasteiger partial charge is 0.408 e. The van der Waals surface area contributed by atoms with E-state index in [9.17, 15) is 9.59 Å². The zero-order chi connectivity index (χ0) is 20.4. The van der Waals surface area contributed by atoms with Crippen molar-refractivity contribution in [3.8, 4) is 0 Å². The fourth-order valence-corrected chi connectivity index (χ4v) is 1.81. The van der Waals surface area contributed by atoms with Gasteiger partial charge in [0.25, 0.3) is 0 Å². The molecule has 4 N–H and O–H groups in total. The van der Waals surface area contributed by atoms with Crippen LogP contribution in [-0.4, -0.2) is 55.3 Å². The van der Waals surface area contributed by atoms with E-state index in [4.69, 9.17) is 4.74 Å². The van der Waals surface area contributed by atoms with Crippen LogP contribution in [0.4, 0.5) is 4.79 Å². The van der Waals surface area contributed by atoms with Crippen LogP contribution >= 0.6 is 24.0 Å². The zero-order valence-corrected chi connectivity index (χ0v) is 20.3. The molecule has 0 aliphatic rings. The van der Waals surface area contributed by atoms with E-state index in [-0.39, 0.29) is 35.8 Å². The Morgan fingerprint density at radius 3 is 2.04 bits per heavy atom. The van der Waals surface area contributed by atoms with Crippen LogP contribution in [0.15, 0.2) is 4.99 Å². The first-order valence-corrected chi connectivity index (χ1v) is 9.17. The number of hydrogen-bond acceptors (Lipinski definition) is 4. The lowest BCUT2D eigenvalue weighted by atomic mass is 10.1. The molecule has 0 saturated carbocycles. The van der Waals surface area contributed by atoms with Crippen molar-refractivity contribution in [2.75, 3.05) is 26.2 Å². The Morgan fingerprint density at radius 2 is 1.56 bits per heavy atom. The highest BCUT2D eigenvalue weighted by atomic mass is 127. The van der Waals surface area contributed by atoms with Crippen molar-refractivity contribution in [3.63, 3.8) is 0 Å². The molecule has 0 aromatic rings. The molecule has 27 heavy (non-hydrogen) atoms. The molecule has 8 nitrogen and oxygen atoms in total. The van der Waals surface area contributed by atoms with Crippen molar-refractivity contribution in [3.05, 3.63) is 0 Å². The van der Waals surface area contributed by atoms with Crippen molar-refractivity contribution >= 4 is 41.9 Å². The number of carbonyl (C=O) groups is 2. The SMILES string of the molecule is CCNC(=NCC(C)(C)NC(=O)OC(C)(C)C)NCCNC(=O)C(C)C.I.